The van der Waals surface area contributed by atoms with Crippen LogP contribution in [-0.4, -0.2) is 33.6 Å². The quantitative estimate of drug-likeness (QED) is 0.587. The predicted octanol–water partition coefficient (Wildman–Crippen LogP) is 0.381. The molecule has 13 heavy (non-hydrogen) atoms. The maximum atomic E-state index is 9.76. The first-order valence-corrected chi connectivity index (χ1v) is 4.99. The second-order valence-electron chi connectivity index (χ2n) is 4.59. The van der Waals surface area contributed by atoms with Crippen LogP contribution in [-0.2, 0) is 0 Å². The van der Waals surface area contributed by atoms with Crippen molar-refractivity contribution in [3.8, 4) is 0 Å². The van der Waals surface area contributed by atoms with Crippen LogP contribution in [0.2, 0.25) is 0 Å². The molecule has 1 rings (SSSR count). The summed E-state index contributed by atoms with van der Waals surface area (Å²) in [6, 6.07) is 0. The van der Waals surface area contributed by atoms with E-state index in [4.69, 9.17) is 0 Å². The highest BCUT2D eigenvalue weighted by molar-refractivity contribution is 4.92. The molecule has 3 N–H and O–H groups in total. The lowest BCUT2D eigenvalue weighted by Gasteiger charge is -2.24. The molecule has 0 unspecified atom stereocenters. The molecule has 0 aromatic heterocycles. The van der Waals surface area contributed by atoms with Gasteiger partial charge in [-0.05, 0) is 18.3 Å². The van der Waals surface area contributed by atoms with Gasteiger partial charge in [0.2, 0.25) is 0 Å². The predicted molar refractivity (Wildman–Crippen MR) is 50.1 cm³/mol. The Balaban J connectivity index is 2.62. The summed E-state index contributed by atoms with van der Waals surface area (Å²) in [5.74, 6) is 0.0653. The van der Waals surface area contributed by atoms with Crippen LogP contribution in [0.15, 0.2) is 0 Å². The van der Waals surface area contributed by atoms with E-state index >= 15 is 0 Å². The Morgan fingerprint density at radius 3 is 2.00 bits per heavy atom. The standard InChI is InChI=1S/C10H20O3/c1-5(2)8(11)7-4-6(3)9(12)10(7)13/h5-13H,4H2,1-3H3/t6-,7-,8+,9+,10-/m1/s1. The average molecular weight is 188 g/mol. The summed E-state index contributed by atoms with van der Waals surface area (Å²) in [4.78, 5) is 0. The van der Waals surface area contributed by atoms with Crippen molar-refractivity contribution < 1.29 is 15.3 Å². The van der Waals surface area contributed by atoms with Gasteiger partial charge >= 0.3 is 0 Å². The highest BCUT2D eigenvalue weighted by Crippen LogP contribution is 2.35. The molecule has 3 nitrogen and oxygen atoms in total. The summed E-state index contributed by atoms with van der Waals surface area (Å²) in [6.45, 7) is 5.75. The van der Waals surface area contributed by atoms with E-state index in [0.717, 1.165) is 0 Å². The van der Waals surface area contributed by atoms with E-state index in [1.165, 1.54) is 0 Å². The van der Waals surface area contributed by atoms with Crippen molar-refractivity contribution in [1.29, 1.82) is 0 Å². The molecule has 3 heteroatoms. The fourth-order valence-electron chi connectivity index (χ4n) is 2.13. The highest BCUT2D eigenvalue weighted by Gasteiger charge is 2.42. The van der Waals surface area contributed by atoms with Gasteiger partial charge in [0.1, 0.15) is 0 Å². The third kappa shape index (κ3) is 2.03. The lowest BCUT2D eigenvalue weighted by Crippen LogP contribution is -2.35. The van der Waals surface area contributed by atoms with Crippen LogP contribution >= 0.6 is 0 Å². The smallest absolute Gasteiger partial charge is 0.0854 e. The number of rotatable bonds is 2. The normalized spacial score (nSPS) is 42.7. The molecule has 5 atom stereocenters. The lowest BCUT2D eigenvalue weighted by molar-refractivity contribution is -0.0376. The first-order valence-electron chi connectivity index (χ1n) is 4.99. The van der Waals surface area contributed by atoms with Gasteiger partial charge in [-0.1, -0.05) is 20.8 Å². The Bertz CT molecular complexity index is 166. The minimum Gasteiger partial charge on any atom is -0.392 e. The van der Waals surface area contributed by atoms with Crippen molar-refractivity contribution in [1.82, 2.24) is 0 Å². The SMILES string of the molecule is CC(C)[C@H](O)[C@H]1C[C@@H](C)[C@H](O)[C@@H]1O. The molecule has 0 aliphatic heterocycles. The van der Waals surface area contributed by atoms with Gasteiger partial charge in [0.25, 0.3) is 0 Å². The lowest BCUT2D eigenvalue weighted by atomic mass is 9.90. The molecule has 0 bridgehead atoms. The Labute approximate surface area is 79.4 Å². The van der Waals surface area contributed by atoms with Crippen LogP contribution in [0.1, 0.15) is 27.2 Å². The van der Waals surface area contributed by atoms with E-state index in [9.17, 15) is 15.3 Å². The fourth-order valence-corrected chi connectivity index (χ4v) is 2.13. The van der Waals surface area contributed by atoms with Crippen molar-refractivity contribution in [2.24, 2.45) is 17.8 Å². The van der Waals surface area contributed by atoms with Gasteiger partial charge in [-0.15, -0.1) is 0 Å². The Morgan fingerprint density at radius 1 is 1.15 bits per heavy atom. The molecule has 0 aromatic rings. The van der Waals surface area contributed by atoms with Gasteiger partial charge in [-0.3, -0.25) is 0 Å². The second-order valence-corrected chi connectivity index (χ2v) is 4.59. The van der Waals surface area contributed by atoms with Crippen LogP contribution in [0.25, 0.3) is 0 Å². The van der Waals surface area contributed by atoms with Crippen LogP contribution in [0.3, 0.4) is 0 Å². The molecule has 1 saturated carbocycles. The van der Waals surface area contributed by atoms with E-state index in [1.807, 2.05) is 20.8 Å². The van der Waals surface area contributed by atoms with Crippen LogP contribution in [0, 0.1) is 17.8 Å². The van der Waals surface area contributed by atoms with Gasteiger partial charge in [0, 0.05) is 5.92 Å². The zero-order chi connectivity index (χ0) is 10.2. The zero-order valence-corrected chi connectivity index (χ0v) is 8.51. The van der Waals surface area contributed by atoms with E-state index in [0.29, 0.717) is 6.42 Å². The summed E-state index contributed by atoms with van der Waals surface area (Å²) >= 11 is 0. The fraction of sp³-hybridized carbons (Fsp3) is 1.00. The van der Waals surface area contributed by atoms with Gasteiger partial charge < -0.3 is 15.3 Å². The summed E-state index contributed by atoms with van der Waals surface area (Å²) in [5.41, 5.74) is 0. The number of aliphatic hydroxyl groups is 3. The monoisotopic (exact) mass is 188 g/mol. The summed E-state index contributed by atoms with van der Waals surface area (Å²) in [6.07, 6.45) is -1.22. The molecule has 1 aliphatic carbocycles. The molecule has 0 saturated heterocycles. The molecule has 0 amide bonds. The number of hydrogen-bond donors (Lipinski definition) is 3. The summed E-state index contributed by atoms with van der Waals surface area (Å²) < 4.78 is 0. The van der Waals surface area contributed by atoms with Crippen molar-refractivity contribution in [2.75, 3.05) is 0 Å². The third-order valence-electron chi connectivity index (χ3n) is 3.14. The van der Waals surface area contributed by atoms with Crippen LogP contribution in [0.4, 0.5) is 0 Å². The largest absolute Gasteiger partial charge is 0.392 e. The maximum Gasteiger partial charge on any atom is 0.0854 e. The maximum absolute atomic E-state index is 9.76. The Morgan fingerprint density at radius 2 is 1.69 bits per heavy atom. The average Bonchev–Trinajstić information content (AvgIpc) is 2.31. The minimum absolute atomic E-state index is 0.0911. The summed E-state index contributed by atoms with van der Waals surface area (Å²) in [7, 11) is 0. The summed E-state index contributed by atoms with van der Waals surface area (Å²) in [5, 5.41) is 28.9. The third-order valence-corrected chi connectivity index (χ3v) is 3.14. The second kappa shape index (κ2) is 3.95. The van der Waals surface area contributed by atoms with Crippen LogP contribution < -0.4 is 0 Å². The molecular weight excluding hydrogens is 168 g/mol. The van der Waals surface area contributed by atoms with E-state index in [-0.39, 0.29) is 17.8 Å². The van der Waals surface area contributed by atoms with Gasteiger partial charge in [-0.2, -0.15) is 0 Å². The van der Waals surface area contributed by atoms with Crippen molar-refractivity contribution >= 4 is 0 Å². The Hall–Kier alpha value is -0.120. The zero-order valence-electron chi connectivity index (χ0n) is 8.51. The number of hydrogen-bond acceptors (Lipinski definition) is 3. The molecule has 0 heterocycles. The number of aliphatic hydroxyl groups excluding tert-OH is 3. The van der Waals surface area contributed by atoms with E-state index < -0.39 is 18.3 Å². The van der Waals surface area contributed by atoms with Gasteiger partial charge in [0.15, 0.2) is 0 Å². The first-order chi connectivity index (χ1) is 5.95. The topological polar surface area (TPSA) is 60.7 Å². The van der Waals surface area contributed by atoms with E-state index in [1.54, 1.807) is 0 Å². The minimum atomic E-state index is -0.757. The molecule has 0 radical (unpaired) electrons. The van der Waals surface area contributed by atoms with Crippen molar-refractivity contribution in [2.45, 2.75) is 45.5 Å². The van der Waals surface area contributed by atoms with Gasteiger partial charge in [-0.25, -0.2) is 0 Å². The van der Waals surface area contributed by atoms with Crippen LogP contribution in [0.5, 0.6) is 0 Å². The molecule has 1 fully saturated rings. The highest BCUT2D eigenvalue weighted by atomic mass is 16.3. The Kier molecular flexibility index (Phi) is 3.33. The van der Waals surface area contributed by atoms with Crippen molar-refractivity contribution in [3.63, 3.8) is 0 Å². The van der Waals surface area contributed by atoms with E-state index in [2.05, 4.69) is 0 Å². The molecule has 78 valence electrons. The molecule has 1 aliphatic rings. The van der Waals surface area contributed by atoms with Gasteiger partial charge in [0.05, 0.1) is 18.3 Å². The van der Waals surface area contributed by atoms with Crippen molar-refractivity contribution in [3.05, 3.63) is 0 Å². The molecule has 0 aromatic carbocycles. The first kappa shape index (κ1) is 11.0. The molecule has 0 spiro atoms. The molecular formula is C10H20O3.